The fraction of sp³-hybridized carbons (Fsp3) is 0.500. The zero-order chi connectivity index (χ0) is 34.2. The highest BCUT2D eigenvalue weighted by Crippen LogP contribution is 2.42. The van der Waals surface area contributed by atoms with E-state index in [4.69, 9.17) is 23.7 Å². The van der Waals surface area contributed by atoms with Gasteiger partial charge in [0, 0.05) is 56.2 Å². The fourth-order valence-corrected chi connectivity index (χ4v) is 5.69. The van der Waals surface area contributed by atoms with Crippen LogP contribution in [0.15, 0.2) is 30.3 Å². The molecular weight excluding hydrogens is 614 g/mol. The van der Waals surface area contributed by atoms with E-state index in [1.807, 2.05) is 25.7 Å². The Balaban J connectivity index is 1.59. The molecule has 0 bridgehead atoms. The summed E-state index contributed by atoms with van der Waals surface area (Å²) in [6, 6.07) is 6.68. The molecule has 4 atom stereocenters. The number of carbonyl (C=O) groups is 5. The van der Waals surface area contributed by atoms with Crippen LogP contribution in [0.3, 0.4) is 0 Å². The lowest BCUT2D eigenvalue weighted by atomic mass is 9.93. The second-order valence-electron chi connectivity index (χ2n) is 11.9. The molecular formula is C34H41NO12. The summed E-state index contributed by atoms with van der Waals surface area (Å²) < 4.78 is 28.2. The number of Topliss-reactive ketones (excluding diaryl/α,β-unsaturated/α-hetero) is 2. The first-order valence-electron chi connectivity index (χ1n) is 15.7. The van der Waals surface area contributed by atoms with Crippen molar-refractivity contribution in [2.24, 2.45) is 0 Å². The number of aliphatic hydroxyl groups is 1. The zero-order valence-corrected chi connectivity index (χ0v) is 27.0. The smallest absolute Gasteiger partial charge is 0.311 e. The largest absolute Gasteiger partial charge is 0.490 e. The molecule has 13 heteroatoms. The van der Waals surface area contributed by atoms with Crippen molar-refractivity contribution in [3.05, 3.63) is 47.0 Å². The monoisotopic (exact) mass is 655 g/mol. The number of esters is 2. The first-order chi connectivity index (χ1) is 22.3. The van der Waals surface area contributed by atoms with Gasteiger partial charge in [0.2, 0.25) is 11.6 Å². The topological polar surface area (TPSA) is 175 Å². The molecule has 254 valence electrons. The summed E-state index contributed by atoms with van der Waals surface area (Å²) in [5.41, 5.74) is 0.0661. The maximum Gasteiger partial charge on any atom is 0.311 e. The minimum atomic E-state index is -1.48. The molecule has 2 aliphatic rings. The molecule has 0 spiro atoms. The number of aliphatic carboxylic acids is 1. The highest BCUT2D eigenvalue weighted by Gasteiger charge is 2.40. The molecule has 4 rings (SSSR count). The first kappa shape index (κ1) is 35.5. The fourth-order valence-electron chi connectivity index (χ4n) is 5.69. The van der Waals surface area contributed by atoms with Gasteiger partial charge < -0.3 is 33.9 Å². The van der Waals surface area contributed by atoms with Crippen LogP contribution in [-0.2, 0) is 30.3 Å². The maximum absolute atomic E-state index is 13.5. The quantitative estimate of drug-likeness (QED) is 0.131. The van der Waals surface area contributed by atoms with Crippen LogP contribution in [0.1, 0.15) is 81.0 Å². The highest BCUT2D eigenvalue weighted by molar-refractivity contribution is 6.47. The summed E-state index contributed by atoms with van der Waals surface area (Å²) >= 11 is 0. The Bertz CT molecular complexity index is 1490. The molecule has 1 fully saturated rings. The second kappa shape index (κ2) is 16.0. The van der Waals surface area contributed by atoms with Crippen molar-refractivity contribution < 1.29 is 57.9 Å². The number of carbonyl (C=O) groups excluding carboxylic acids is 4. The number of ether oxygens (including phenoxy) is 5. The number of benzene rings is 2. The van der Waals surface area contributed by atoms with E-state index in [1.165, 1.54) is 37.3 Å². The molecule has 0 amide bonds. The van der Waals surface area contributed by atoms with Gasteiger partial charge in [0.15, 0.2) is 6.10 Å². The van der Waals surface area contributed by atoms with Gasteiger partial charge in [-0.3, -0.25) is 28.9 Å². The zero-order valence-electron chi connectivity index (χ0n) is 27.0. The minimum Gasteiger partial charge on any atom is -0.490 e. The number of unbranched alkanes of at least 4 members (excludes halogenated alkanes) is 2. The third-order valence-electron chi connectivity index (χ3n) is 7.57. The third kappa shape index (κ3) is 9.60. The number of hydrogen-bond acceptors (Lipinski definition) is 12. The van der Waals surface area contributed by atoms with Crippen molar-refractivity contribution in [2.45, 2.75) is 84.2 Å². The lowest BCUT2D eigenvalue weighted by Gasteiger charge is -2.36. The van der Waals surface area contributed by atoms with E-state index in [9.17, 15) is 34.2 Å². The van der Waals surface area contributed by atoms with Crippen LogP contribution in [0, 0.1) is 0 Å². The van der Waals surface area contributed by atoms with Crippen LogP contribution in [-0.4, -0.2) is 89.1 Å². The molecule has 0 radical (unpaired) electrons. The van der Waals surface area contributed by atoms with Gasteiger partial charge in [-0.2, -0.15) is 0 Å². The number of carboxylic acid groups (broad SMARTS) is 1. The van der Waals surface area contributed by atoms with Crippen LogP contribution in [0.2, 0.25) is 0 Å². The number of morpholine rings is 1. The van der Waals surface area contributed by atoms with Gasteiger partial charge in [0.25, 0.3) is 0 Å². The number of hydrogen-bond donors (Lipinski definition) is 2. The maximum atomic E-state index is 13.5. The standard InChI is InChI=1S/C34H41NO12/c1-5-6-7-8-30(40)46-26-10-9-22(11-23(26)12-29(38)39)34-33(42)32(41)31-27(13-25(45-21(4)36)14-28(31)47-34)43-18-24(37)17-35-15-19(2)44-20(3)16-35/h9-11,13-14,19-20,24,34,37H,5-8,12,15-18H2,1-4H3,(H,38,39). The molecule has 0 saturated carbocycles. The molecule has 2 aromatic rings. The predicted octanol–water partition coefficient (Wildman–Crippen LogP) is 3.46. The Morgan fingerprint density at radius 1 is 1.02 bits per heavy atom. The van der Waals surface area contributed by atoms with Crippen LogP contribution in [0.5, 0.6) is 23.0 Å². The Morgan fingerprint density at radius 3 is 2.40 bits per heavy atom. The lowest BCUT2D eigenvalue weighted by molar-refractivity contribution is -0.137. The van der Waals surface area contributed by atoms with Crippen LogP contribution in [0.25, 0.3) is 0 Å². The summed E-state index contributed by atoms with van der Waals surface area (Å²) in [6.45, 7) is 8.36. The molecule has 47 heavy (non-hydrogen) atoms. The number of fused-ring (bicyclic) bond motifs is 1. The van der Waals surface area contributed by atoms with E-state index in [0.717, 1.165) is 12.8 Å². The molecule has 2 N–H and O–H groups in total. The van der Waals surface area contributed by atoms with Crippen molar-refractivity contribution in [3.8, 4) is 23.0 Å². The van der Waals surface area contributed by atoms with E-state index in [1.54, 1.807) is 0 Å². The van der Waals surface area contributed by atoms with Crippen LogP contribution in [0.4, 0.5) is 0 Å². The van der Waals surface area contributed by atoms with Gasteiger partial charge in [-0.1, -0.05) is 25.8 Å². The predicted molar refractivity (Wildman–Crippen MR) is 166 cm³/mol. The molecule has 2 aliphatic heterocycles. The van der Waals surface area contributed by atoms with Gasteiger partial charge in [-0.25, -0.2) is 0 Å². The SMILES string of the molecule is CCCCCC(=O)Oc1ccc(C2Oc3cc(OC(C)=O)cc(OCC(O)CN4CC(C)OC(C)C4)c3C(=O)C2=O)cc1CC(=O)O. The van der Waals surface area contributed by atoms with Crippen LogP contribution >= 0.6 is 0 Å². The van der Waals surface area contributed by atoms with E-state index in [2.05, 4.69) is 0 Å². The minimum absolute atomic E-state index is 0.00463. The van der Waals surface area contributed by atoms with Gasteiger partial charge in [0.05, 0.1) is 18.6 Å². The summed E-state index contributed by atoms with van der Waals surface area (Å²) in [4.78, 5) is 64.7. The molecule has 13 nitrogen and oxygen atoms in total. The number of nitrogens with zero attached hydrogens (tertiary/aromatic N) is 1. The summed E-state index contributed by atoms with van der Waals surface area (Å²) in [7, 11) is 0. The summed E-state index contributed by atoms with van der Waals surface area (Å²) in [5, 5.41) is 20.2. The van der Waals surface area contributed by atoms with Crippen molar-refractivity contribution in [3.63, 3.8) is 0 Å². The van der Waals surface area contributed by atoms with E-state index >= 15 is 0 Å². The molecule has 4 unspecified atom stereocenters. The Kier molecular flexibility index (Phi) is 12.1. The summed E-state index contributed by atoms with van der Waals surface area (Å²) in [5.74, 6) is -4.48. The Hall–Kier alpha value is -4.33. The molecule has 2 heterocycles. The molecule has 0 aromatic heterocycles. The Labute approximate surface area is 272 Å². The van der Waals surface area contributed by atoms with E-state index in [-0.39, 0.29) is 71.5 Å². The number of aliphatic hydroxyl groups excluding tert-OH is 1. The van der Waals surface area contributed by atoms with Crippen molar-refractivity contribution >= 4 is 29.5 Å². The van der Waals surface area contributed by atoms with E-state index in [0.29, 0.717) is 19.5 Å². The molecule has 0 aliphatic carbocycles. The van der Waals surface area contributed by atoms with Crippen molar-refractivity contribution in [2.75, 3.05) is 26.2 Å². The Morgan fingerprint density at radius 2 is 1.74 bits per heavy atom. The first-order valence-corrected chi connectivity index (χ1v) is 15.7. The highest BCUT2D eigenvalue weighted by atomic mass is 16.5. The number of rotatable bonds is 14. The second-order valence-corrected chi connectivity index (χ2v) is 11.9. The lowest BCUT2D eigenvalue weighted by Crippen LogP contribution is -2.48. The van der Waals surface area contributed by atoms with Gasteiger partial charge in [-0.05, 0) is 32.4 Å². The van der Waals surface area contributed by atoms with Crippen molar-refractivity contribution in [1.29, 1.82) is 0 Å². The number of carboxylic acids is 1. The number of ketones is 2. The molecule has 1 saturated heterocycles. The average molecular weight is 656 g/mol. The van der Waals surface area contributed by atoms with Crippen LogP contribution < -0.4 is 18.9 Å². The third-order valence-corrected chi connectivity index (χ3v) is 7.57. The van der Waals surface area contributed by atoms with Crippen molar-refractivity contribution in [1.82, 2.24) is 4.90 Å². The van der Waals surface area contributed by atoms with Gasteiger partial charge in [0.1, 0.15) is 41.3 Å². The van der Waals surface area contributed by atoms with Gasteiger partial charge in [-0.15, -0.1) is 0 Å². The van der Waals surface area contributed by atoms with E-state index < -0.39 is 48.1 Å². The normalized spacial score (nSPS) is 20.1. The van der Waals surface area contributed by atoms with Gasteiger partial charge >= 0.3 is 17.9 Å². The summed E-state index contributed by atoms with van der Waals surface area (Å²) in [6.07, 6.45) is -0.430. The molecule has 2 aromatic carbocycles. The number of β-amino-alcohol motifs (C(OH)–C–C–N with tert-alkyl or cyclic N) is 1. The average Bonchev–Trinajstić information content (AvgIpc) is 2.97.